The number of benzene rings is 1. The fourth-order valence-electron chi connectivity index (χ4n) is 3.82. The van der Waals surface area contributed by atoms with Gasteiger partial charge < -0.3 is 5.11 Å². The van der Waals surface area contributed by atoms with Gasteiger partial charge in [0, 0.05) is 18.6 Å². The lowest BCUT2D eigenvalue weighted by Crippen LogP contribution is -2.45. The van der Waals surface area contributed by atoms with E-state index in [0.717, 1.165) is 24.8 Å². The number of fused-ring (bicyclic) bond motifs is 2. The van der Waals surface area contributed by atoms with E-state index in [0.29, 0.717) is 16.7 Å². The van der Waals surface area contributed by atoms with Crippen LogP contribution in [-0.2, 0) is 10.0 Å². The molecule has 2 aliphatic rings. The number of hydrogen-bond acceptors (Lipinski definition) is 3. The molecule has 0 heterocycles. The van der Waals surface area contributed by atoms with Crippen molar-refractivity contribution in [3.8, 4) is 0 Å². The van der Waals surface area contributed by atoms with E-state index in [2.05, 4.69) is 4.72 Å². The SMILES string of the molecule is Cc1ccc(S(=O)(=O)NC2C3CCC(C3)C2CO)cc1. The number of aliphatic hydroxyl groups is 1. The number of sulfonamides is 1. The molecular weight excluding hydrogens is 274 g/mol. The van der Waals surface area contributed by atoms with Gasteiger partial charge in [-0.05, 0) is 50.2 Å². The van der Waals surface area contributed by atoms with Crippen molar-refractivity contribution in [3.63, 3.8) is 0 Å². The monoisotopic (exact) mass is 295 g/mol. The van der Waals surface area contributed by atoms with Gasteiger partial charge in [0.15, 0.2) is 0 Å². The standard InChI is InChI=1S/C15H21NO3S/c1-10-2-6-13(7-3-10)20(18,19)16-15-12-5-4-11(8-12)14(15)9-17/h2-3,6-7,11-12,14-17H,4-5,8-9H2,1H3. The Labute approximate surface area is 120 Å². The fourth-order valence-corrected chi connectivity index (χ4v) is 5.18. The van der Waals surface area contributed by atoms with Crippen molar-refractivity contribution in [2.75, 3.05) is 6.61 Å². The Morgan fingerprint density at radius 3 is 2.50 bits per heavy atom. The average molecular weight is 295 g/mol. The molecule has 3 rings (SSSR count). The first-order valence-corrected chi connectivity index (χ1v) is 8.69. The molecule has 110 valence electrons. The zero-order chi connectivity index (χ0) is 14.3. The number of aryl methyl sites for hydroxylation is 1. The van der Waals surface area contributed by atoms with Crippen LogP contribution >= 0.6 is 0 Å². The molecule has 0 aromatic heterocycles. The lowest BCUT2D eigenvalue weighted by atomic mass is 9.86. The van der Waals surface area contributed by atoms with Gasteiger partial charge in [-0.3, -0.25) is 0 Å². The minimum atomic E-state index is -3.49. The lowest BCUT2D eigenvalue weighted by molar-refractivity contribution is 0.153. The van der Waals surface area contributed by atoms with Gasteiger partial charge in [0.25, 0.3) is 0 Å². The lowest BCUT2D eigenvalue weighted by Gasteiger charge is -2.30. The summed E-state index contributed by atoms with van der Waals surface area (Å²) in [6.07, 6.45) is 3.24. The molecule has 0 spiro atoms. The first-order valence-electron chi connectivity index (χ1n) is 7.21. The Hall–Kier alpha value is -0.910. The summed E-state index contributed by atoms with van der Waals surface area (Å²) in [7, 11) is -3.49. The smallest absolute Gasteiger partial charge is 0.240 e. The second-order valence-electron chi connectivity index (χ2n) is 6.14. The van der Waals surface area contributed by atoms with Gasteiger partial charge in [-0.25, -0.2) is 13.1 Å². The number of hydrogen-bond donors (Lipinski definition) is 2. The van der Waals surface area contributed by atoms with Crippen LogP contribution in [0.2, 0.25) is 0 Å². The van der Waals surface area contributed by atoms with Crippen LogP contribution in [0.25, 0.3) is 0 Å². The van der Waals surface area contributed by atoms with Crippen LogP contribution in [0.1, 0.15) is 24.8 Å². The molecule has 2 aliphatic carbocycles. The van der Waals surface area contributed by atoms with E-state index in [1.54, 1.807) is 24.3 Å². The predicted molar refractivity (Wildman–Crippen MR) is 76.7 cm³/mol. The third-order valence-electron chi connectivity index (χ3n) is 4.92. The topological polar surface area (TPSA) is 66.4 Å². The van der Waals surface area contributed by atoms with E-state index in [4.69, 9.17) is 0 Å². The highest BCUT2D eigenvalue weighted by Gasteiger charge is 2.48. The van der Waals surface area contributed by atoms with Crippen LogP contribution in [-0.4, -0.2) is 26.2 Å². The van der Waals surface area contributed by atoms with E-state index in [9.17, 15) is 13.5 Å². The second-order valence-corrected chi connectivity index (χ2v) is 7.85. The highest BCUT2D eigenvalue weighted by atomic mass is 32.2. The van der Waals surface area contributed by atoms with Crippen molar-refractivity contribution in [2.24, 2.45) is 17.8 Å². The molecular formula is C15H21NO3S. The average Bonchev–Trinajstić information content (AvgIpc) is 2.99. The van der Waals surface area contributed by atoms with Gasteiger partial charge in [-0.15, -0.1) is 0 Å². The number of rotatable bonds is 4. The molecule has 20 heavy (non-hydrogen) atoms. The summed E-state index contributed by atoms with van der Waals surface area (Å²) >= 11 is 0. The van der Waals surface area contributed by atoms with E-state index in [1.807, 2.05) is 6.92 Å². The molecule has 5 heteroatoms. The summed E-state index contributed by atoms with van der Waals surface area (Å²) in [6, 6.07) is 6.78. The van der Waals surface area contributed by atoms with Crippen LogP contribution < -0.4 is 4.72 Å². The minimum absolute atomic E-state index is 0.0717. The Kier molecular flexibility index (Phi) is 3.60. The van der Waals surface area contributed by atoms with Gasteiger partial charge in [-0.2, -0.15) is 0 Å². The first kappa shape index (κ1) is 14.0. The molecule has 2 fully saturated rings. The maximum atomic E-state index is 12.4. The predicted octanol–water partition coefficient (Wildman–Crippen LogP) is 1.68. The third kappa shape index (κ3) is 2.38. The fraction of sp³-hybridized carbons (Fsp3) is 0.600. The van der Waals surface area contributed by atoms with Gasteiger partial charge in [-0.1, -0.05) is 17.7 Å². The van der Waals surface area contributed by atoms with Crippen molar-refractivity contribution in [3.05, 3.63) is 29.8 Å². The molecule has 1 aromatic rings. The van der Waals surface area contributed by atoms with E-state index < -0.39 is 10.0 Å². The summed E-state index contributed by atoms with van der Waals surface area (Å²) in [4.78, 5) is 0.308. The van der Waals surface area contributed by atoms with E-state index >= 15 is 0 Å². The summed E-state index contributed by atoms with van der Waals surface area (Å²) in [5.41, 5.74) is 1.04. The summed E-state index contributed by atoms with van der Waals surface area (Å²) in [6.45, 7) is 2.00. The quantitative estimate of drug-likeness (QED) is 0.888. The maximum Gasteiger partial charge on any atom is 0.240 e. The Bertz CT molecular complexity index is 582. The normalized spacial score (nSPS) is 32.7. The molecule has 4 unspecified atom stereocenters. The van der Waals surface area contributed by atoms with Crippen molar-refractivity contribution in [1.29, 1.82) is 0 Å². The van der Waals surface area contributed by atoms with Crippen LogP contribution in [0.3, 0.4) is 0 Å². The molecule has 2 N–H and O–H groups in total. The van der Waals surface area contributed by atoms with Crippen molar-refractivity contribution < 1.29 is 13.5 Å². The Morgan fingerprint density at radius 1 is 1.20 bits per heavy atom. The minimum Gasteiger partial charge on any atom is -0.396 e. The van der Waals surface area contributed by atoms with Crippen LogP contribution in [0, 0.1) is 24.7 Å². The largest absolute Gasteiger partial charge is 0.396 e. The van der Waals surface area contributed by atoms with Crippen LogP contribution in [0.5, 0.6) is 0 Å². The molecule has 1 aromatic carbocycles. The number of nitrogens with one attached hydrogen (secondary N) is 1. The van der Waals surface area contributed by atoms with Gasteiger partial charge in [0.2, 0.25) is 10.0 Å². The van der Waals surface area contributed by atoms with Crippen molar-refractivity contribution in [1.82, 2.24) is 4.72 Å². The maximum absolute atomic E-state index is 12.4. The summed E-state index contributed by atoms with van der Waals surface area (Å²) in [5.74, 6) is 0.946. The highest BCUT2D eigenvalue weighted by Crippen LogP contribution is 2.48. The highest BCUT2D eigenvalue weighted by molar-refractivity contribution is 7.89. The summed E-state index contributed by atoms with van der Waals surface area (Å²) in [5, 5.41) is 9.53. The Morgan fingerprint density at radius 2 is 1.85 bits per heavy atom. The molecule has 4 atom stereocenters. The molecule has 0 saturated heterocycles. The van der Waals surface area contributed by atoms with Gasteiger partial charge in [0.1, 0.15) is 0 Å². The zero-order valence-electron chi connectivity index (χ0n) is 11.6. The van der Waals surface area contributed by atoms with Crippen LogP contribution in [0.4, 0.5) is 0 Å². The van der Waals surface area contributed by atoms with Crippen LogP contribution in [0.15, 0.2) is 29.2 Å². The first-order chi connectivity index (χ1) is 9.51. The van der Waals surface area contributed by atoms with E-state index in [-0.39, 0.29) is 18.6 Å². The molecule has 0 amide bonds. The molecule has 0 aliphatic heterocycles. The zero-order valence-corrected chi connectivity index (χ0v) is 12.4. The number of aliphatic hydroxyl groups excluding tert-OH is 1. The second kappa shape index (κ2) is 5.13. The third-order valence-corrected chi connectivity index (χ3v) is 6.40. The van der Waals surface area contributed by atoms with Gasteiger partial charge in [0.05, 0.1) is 4.90 Å². The van der Waals surface area contributed by atoms with E-state index in [1.165, 1.54) is 0 Å². The molecule has 0 radical (unpaired) electrons. The van der Waals surface area contributed by atoms with Crippen molar-refractivity contribution >= 4 is 10.0 Å². The van der Waals surface area contributed by atoms with Gasteiger partial charge >= 0.3 is 0 Å². The molecule has 2 saturated carbocycles. The Balaban J connectivity index is 1.81. The molecule has 2 bridgehead atoms. The van der Waals surface area contributed by atoms with Crippen molar-refractivity contribution in [2.45, 2.75) is 37.1 Å². The molecule has 4 nitrogen and oxygen atoms in total. The summed E-state index contributed by atoms with van der Waals surface area (Å²) < 4.78 is 27.7.